The molecule has 0 saturated carbocycles. The van der Waals surface area contributed by atoms with Crippen molar-refractivity contribution in [3.8, 4) is 5.75 Å². The minimum Gasteiger partial charge on any atom is -0.493 e. The lowest BCUT2D eigenvalue weighted by Gasteiger charge is -2.11. The second-order valence-corrected chi connectivity index (χ2v) is 3.55. The van der Waals surface area contributed by atoms with Crippen LogP contribution in [0.25, 0.3) is 0 Å². The summed E-state index contributed by atoms with van der Waals surface area (Å²) >= 11 is 0. The highest BCUT2D eigenvalue weighted by atomic mass is 16.5. The summed E-state index contributed by atoms with van der Waals surface area (Å²) in [4.78, 5) is 18.8. The van der Waals surface area contributed by atoms with E-state index in [9.17, 15) is 4.79 Å². The molecule has 94 valence electrons. The first kappa shape index (κ1) is 12.0. The summed E-state index contributed by atoms with van der Waals surface area (Å²) in [7, 11) is 0. The van der Waals surface area contributed by atoms with E-state index in [1.165, 1.54) is 0 Å². The smallest absolute Gasteiger partial charge is 0.263 e. The van der Waals surface area contributed by atoms with Crippen molar-refractivity contribution in [1.82, 2.24) is 9.97 Å². The van der Waals surface area contributed by atoms with Gasteiger partial charge in [0.25, 0.3) is 5.91 Å². The van der Waals surface area contributed by atoms with Crippen LogP contribution in [-0.4, -0.2) is 22.5 Å². The van der Waals surface area contributed by atoms with E-state index in [0.29, 0.717) is 29.6 Å². The molecule has 0 aliphatic heterocycles. The molecule has 2 aromatic rings. The maximum Gasteiger partial charge on any atom is 0.263 e. The molecule has 18 heavy (non-hydrogen) atoms. The van der Waals surface area contributed by atoms with Gasteiger partial charge in [-0.3, -0.25) is 10.1 Å². The number of amides is 1. The predicted octanol–water partition coefficient (Wildman–Crippen LogP) is 1.64. The topological polar surface area (TPSA) is 93.0 Å². The van der Waals surface area contributed by atoms with Gasteiger partial charge in [0, 0.05) is 18.1 Å². The lowest BCUT2D eigenvalue weighted by atomic mass is 10.1. The third-order valence-electron chi connectivity index (χ3n) is 2.32. The Hall–Kier alpha value is -2.50. The number of nitrogens with two attached hydrogens (primary N) is 1. The van der Waals surface area contributed by atoms with Crippen molar-refractivity contribution in [2.24, 2.45) is 0 Å². The lowest BCUT2D eigenvalue weighted by Crippen LogP contribution is -2.16. The van der Waals surface area contributed by atoms with Crippen molar-refractivity contribution in [2.45, 2.75) is 6.92 Å². The number of rotatable bonds is 4. The van der Waals surface area contributed by atoms with Gasteiger partial charge in [-0.2, -0.15) is 0 Å². The van der Waals surface area contributed by atoms with E-state index in [4.69, 9.17) is 10.5 Å². The van der Waals surface area contributed by atoms with Gasteiger partial charge in [0.1, 0.15) is 11.3 Å². The van der Waals surface area contributed by atoms with Crippen LogP contribution in [0.15, 0.2) is 30.6 Å². The molecule has 4 N–H and O–H groups in total. The number of carbonyl (C=O) groups excluding carboxylic acids is 1. The van der Waals surface area contributed by atoms with Gasteiger partial charge in [0.05, 0.1) is 6.61 Å². The summed E-state index contributed by atoms with van der Waals surface area (Å²) in [6, 6.07) is 5.10. The largest absolute Gasteiger partial charge is 0.493 e. The van der Waals surface area contributed by atoms with Crippen molar-refractivity contribution in [2.75, 3.05) is 17.7 Å². The standard InChI is InChI=1S/C12H14N4O2/c1-2-18-9-5-3-4-8(13)10(9)11(17)16-12-14-6-7-15-12/h3-7H,2,13H2,1H3,(H2,14,15,16,17). The lowest BCUT2D eigenvalue weighted by molar-refractivity contribution is 0.102. The molecule has 2 rings (SSSR count). The Morgan fingerprint density at radius 1 is 1.56 bits per heavy atom. The van der Waals surface area contributed by atoms with Crippen LogP contribution < -0.4 is 15.8 Å². The summed E-state index contributed by atoms with van der Waals surface area (Å²) in [5, 5.41) is 2.61. The second-order valence-electron chi connectivity index (χ2n) is 3.55. The van der Waals surface area contributed by atoms with Crippen molar-refractivity contribution in [3.05, 3.63) is 36.2 Å². The van der Waals surface area contributed by atoms with E-state index in [0.717, 1.165) is 0 Å². The summed E-state index contributed by atoms with van der Waals surface area (Å²) in [6.07, 6.45) is 3.17. The molecule has 1 aromatic carbocycles. The molecule has 0 spiro atoms. The van der Waals surface area contributed by atoms with Gasteiger partial charge in [0.15, 0.2) is 0 Å². The van der Waals surface area contributed by atoms with Gasteiger partial charge in [-0.25, -0.2) is 4.98 Å². The molecule has 0 atom stereocenters. The van der Waals surface area contributed by atoms with Crippen LogP contribution in [0.5, 0.6) is 5.75 Å². The molecule has 1 heterocycles. The summed E-state index contributed by atoms with van der Waals surface area (Å²) in [6.45, 7) is 2.31. The molecule has 0 saturated heterocycles. The van der Waals surface area contributed by atoms with Crippen LogP contribution in [0.4, 0.5) is 11.6 Å². The highest BCUT2D eigenvalue weighted by Gasteiger charge is 2.16. The highest BCUT2D eigenvalue weighted by Crippen LogP contribution is 2.25. The minimum absolute atomic E-state index is 0.316. The Bertz CT molecular complexity index is 537. The minimum atomic E-state index is -0.355. The molecular formula is C12H14N4O2. The zero-order valence-electron chi connectivity index (χ0n) is 9.93. The molecule has 0 bridgehead atoms. The number of ether oxygens (including phenoxy) is 1. The summed E-state index contributed by atoms with van der Waals surface area (Å²) < 4.78 is 5.39. The van der Waals surface area contributed by atoms with Crippen molar-refractivity contribution >= 4 is 17.5 Å². The molecule has 0 aliphatic rings. The van der Waals surface area contributed by atoms with Crippen LogP contribution >= 0.6 is 0 Å². The number of carbonyl (C=O) groups is 1. The molecule has 0 fully saturated rings. The molecule has 0 radical (unpaired) electrons. The Labute approximate surface area is 104 Å². The van der Waals surface area contributed by atoms with Gasteiger partial charge in [-0.15, -0.1) is 0 Å². The highest BCUT2D eigenvalue weighted by molar-refractivity contribution is 6.09. The molecule has 1 aromatic heterocycles. The Morgan fingerprint density at radius 3 is 3.06 bits per heavy atom. The maximum atomic E-state index is 12.1. The number of nitrogens with one attached hydrogen (secondary N) is 2. The molecule has 0 unspecified atom stereocenters. The van der Waals surface area contributed by atoms with E-state index >= 15 is 0 Å². The van der Waals surface area contributed by atoms with Crippen LogP contribution in [0, 0.1) is 0 Å². The van der Waals surface area contributed by atoms with Crippen molar-refractivity contribution in [1.29, 1.82) is 0 Å². The predicted molar refractivity (Wildman–Crippen MR) is 68.6 cm³/mol. The molecule has 0 aliphatic carbocycles. The fourth-order valence-electron chi connectivity index (χ4n) is 1.57. The van der Waals surface area contributed by atoms with Crippen LogP contribution in [0.3, 0.4) is 0 Å². The number of imidazole rings is 1. The number of aromatic amines is 1. The average molecular weight is 246 g/mol. The first-order chi connectivity index (χ1) is 8.72. The molecule has 1 amide bonds. The average Bonchev–Trinajstić information content (AvgIpc) is 2.82. The third kappa shape index (κ3) is 2.42. The number of hydrogen-bond donors (Lipinski definition) is 3. The number of anilines is 2. The van der Waals surface area contributed by atoms with E-state index in [-0.39, 0.29) is 5.91 Å². The van der Waals surface area contributed by atoms with E-state index in [1.807, 2.05) is 6.92 Å². The Balaban J connectivity index is 2.28. The van der Waals surface area contributed by atoms with E-state index in [2.05, 4.69) is 15.3 Å². The number of nitrogens with zero attached hydrogens (tertiary/aromatic N) is 1. The normalized spacial score (nSPS) is 10.1. The fraction of sp³-hybridized carbons (Fsp3) is 0.167. The zero-order valence-corrected chi connectivity index (χ0v) is 9.93. The monoisotopic (exact) mass is 246 g/mol. The summed E-state index contributed by atoms with van der Waals surface area (Å²) in [5.74, 6) is 0.471. The van der Waals surface area contributed by atoms with Crippen molar-refractivity contribution in [3.63, 3.8) is 0 Å². The number of H-pyrrole nitrogens is 1. The van der Waals surface area contributed by atoms with Crippen LogP contribution in [0.2, 0.25) is 0 Å². The SMILES string of the molecule is CCOc1cccc(N)c1C(=O)Nc1ncc[nH]1. The number of nitrogen functional groups attached to an aromatic ring is 1. The zero-order chi connectivity index (χ0) is 13.0. The summed E-state index contributed by atoms with van der Waals surface area (Å²) in [5.41, 5.74) is 6.49. The maximum absolute atomic E-state index is 12.1. The number of benzene rings is 1. The van der Waals surface area contributed by atoms with Gasteiger partial charge < -0.3 is 15.5 Å². The molecule has 6 nitrogen and oxygen atoms in total. The Morgan fingerprint density at radius 2 is 2.39 bits per heavy atom. The fourth-order valence-corrected chi connectivity index (χ4v) is 1.57. The van der Waals surface area contributed by atoms with E-state index < -0.39 is 0 Å². The van der Waals surface area contributed by atoms with Crippen LogP contribution in [-0.2, 0) is 0 Å². The van der Waals surface area contributed by atoms with E-state index in [1.54, 1.807) is 30.6 Å². The van der Waals surface area contributed by atoms with Crippen molar-refractivity contribution < 1.29 is 9.53 Å². The van der Waals surface area contributed by atoms with Crippen LogP contribution in [0.1, 0.15) is 17.3 Å². The van der Waals surface area contributed by atoms with Gasteiger partial charge in [0.2, 0.25) is 5.95 Å². The second kappa shape index (κ2) is 5.22. The van der Waals surface area contributed by atoms with Gasteiger partial charge >= 0.3 is 0 Å². The number of aromatic nitrogens is 2. The van der Waals surface area contributed by atoms with Gasteiger partial charge in [-0.05, 0) is 19.1 Å². The first-order valence-electron chi connectivity index (χ1n) is 5.54. The quantitative estimate of drug-likeness (QED) is 0.715. The number of hydrogen-bond acceptors (Lipinski definition) is 4. The Kier molecular flexibility index (Phi) is 3.47. The third-order valence-corrected chi connectivity index (χ3v) is 2.32. The molecule has 6 heteroatoms. The molecular weight excluding hydrogens is 232 g/mol. The first-order valence-corrected chi connectivity index (χ1v) is 5.54. The van der Waals surface area contributed by atoms with Gasteiger partial charge in [-0.1, -0.05) is 6.07 Å².